The van der Waals surface area contributed by atoms with Crippen LogP contribution in [0.4, 0.5) is 5.69 Å². The van der Waals surface area contributed by atoms with Gasteiger partial charge in [0.15, 0.2) is 18.1 Å². The molecule has 0 spiro atoms. The van der Waals surface area contributed by atoms with Gasteiger partial charge in [-0.2, -0.15) is 0 Å². The quantitative estimate of drug-likeness (QED) is 0.810. The minimum atomic E-state index is -0.447. The van der Waals surface area contributed by atoms with Crippen molar-refractivity contribution in [2.24, 2.45) is 0 Å². The minimum absolute atomic E-state index is 0.101. The van der Waals surface area contributed by atoms with Gasteiger partial charge in [0.25, 0.3) is 5.91 Å². The summed E-state index contributed by atoms with van der Waals surface area (Å²) in [6, 6.07) is 12.3. The highest BCUT2D eigenvalue weighted by Crippen LogP contribution is 2.34. The van der Waals surface area contributed by atoms with Gasteiger partial charge in [-0.15, -0.1) is 0 Å². The maximum atomic E-state index is 12.5. The first-order chi connectivity index (χ1) is 11.6. The van der Waals surface area contributed by atoms with Crippen LogP contribution in [0.1, 0.15) is 15.9 Å². The molecule has 0 saturated heterocycles. The molecule has 6 heteroatoms. The van der Waals surface area contributed by atoms with Gasteiger partial charge < -0.3 is 19.1 Å². The summed E-state index contributed by atoms with van der Waals surface area (Å²) in [4.78, 5) is 25.8. The van der Waals surface area contributed by atoms with Crippen LogP contribution in [0, 0.1) is 0 Å². The van der Waals surface area contributed by atoms with E-state index in [-0.39, 0.29) is 12.5 Å². The Morgan fingerprint density at radius 1 is 1.17 bits per heavy atom. The predicted molar refractivity (Wildman–Crippen MR) is 87.5 cm³/mol. The Morgan fingerprint density at radius 3 is 2.71 bits per heavy atom. The molecule has 24 heavy (non-hydrogen) atoms. The number of carbonyl (C=O) groups is 2. The molecular formula is C18H17NO5. The van der Waals surface area contributed by atoms with Gasteiger partial charge in [0.05, 0.1) is 26.3 Å². The lowest BCUT2D eigenvalue weighted by Gasteiger charge is -2.20. The highest BCUT2D eigenvalue weighted by molar-refractivity contribution is 5.97. The van der Waals surface area contributed by atoms with E-state index in [1.165, 1.54) is 7.11 Å². The van der Waals surface area contributed by atoms with Gasteiger partial charge in [-0.3, -0.25) is 4.79 Å². The summed E-state index contributed by atoms with van der Waals surface area (Å²) in [6.45, 7) is 0.228. The van der Waals surface area contributed by atoms with Crippen molar-refractivity contribution >= 4 is 17.6 Å². The average Bonchev–Trinajstić information content (AvgIpc) is 2.80. The molecular weight excluding hydrogens is 310 g/mol. The van der Waals surface area contributed by atoms with Crippen LogP contribution in [0.15, 0.2) is 42.5 Å². The molecule has 0 aliphatic carbocycles. The second kappa shape index (κ2) is 6.62. The molecule has 1 aliphatic rings. The summed E-state index contributed by atoms with van der Waals surface area (Å²) in [5.41, 5.74) is 1.84. The van der Waals surface area contributed by atoms with Crippen LogP contribution < -0.4 is 14.4 Å². The van der Waals surface area contributed by atoms with Crippen molar-refractivity contribution in [1.82, 2.24) is 0 Å². The fraction of sp³-hybridized carbons (Fsp3) is 0.222. The number of hydrogen-bond acceptors (Lipinski definition) is 5. The fourth-order valence-electron chi connectivity index (χ4n) is 2.63. The Kier molecular flexibility index (Phi) is 4.37. The molecule has 1 amide bonds. The molecule has 0 aromatic heterocycles. The summed E-state index contributed by atoms with van der Waals surface area (Å²) in [7, 11) is 2.88. The van der Waals surface area contributed by atoms with E-state index in [1.54, 1.807) is 42.3 Å². The van der Waals surface area contributed by atoms with E-state index in [4.69, 9.17) is 14.2 Å². The van der Waals surface area contributed by atoms with Crippen LogP contribution in [0.25, 0.3) is 0 Å². The molecule has 0 bridgehead atoms. The molecule has 0 N–H and O–H groups in total. The number of fused-ring (bicyclic) bond motifs is 1. The van der Waals surface area contributed by atoms with Crippen LogP contribution in [-0.2, 0) is 16.1 Å². The zero-order valence-corrected chi connectivity index (χ0v) is 13.4. The standard InChI is InChI=1S/C18H17NO5/c1-22-15-8-4-6-13-10-19(16(20)11-24-17(13)15)14-7-3-5-12(9-14)18(21)23-2/h3-9H,10-11H2,1-2H3. The Hall–Kier alpha value is -3.02. The molecule has 0 fully saturated rings. The molecule has 0 saturated carbocycles. The van der Waals surface area contributed by atoms with Crippen LogP contribution in [0.5, 0.6) is 11.5 Å². The van der Waals surface area contributed by atoms with E-state index in [0.29, 0.717) is 29.3 Å². The van der Waals surface area contributed by atoms with Gasteiger partial charge in [-0.05, 0) is 24.3 Å². The number of para-hydroxylation sites is 1. The van der Waals surface area contributed by atoms with Crippen LogP contribution in [-0.4, -0.2) is 32.7 Å². The minimum Gasteiger partial charge on any atom is -0.493 e. The summed E-state index contributed by atoms with van der Waals surface area (Å²) >= 11 is 0. The van der Waals surface area contributed by atoms with Gasteiger partial charge in [-0.1, -0.05) is 18.2 Å². The smallest absolute Gasteiger partial charge is 0.337 e. The fourth-order valence-corrected chi connectivity index (χ4v) is 2.63. The van der Waals surface area contributed by atoms with Crippen LogP contribution >= 0.6 is 0 Å². The number of hydrogen-bond donors (Lipinski definition) is 0. The number of benzene rings is 2. The number of methoxy groups -OCH3 is 2. The van der Waals surface area contributed by atoms with Crippen molar-refractivity contribution < 1.29 is 23.8 Å². The third kappa shape index (κ3) is 2.90. The van der Waals surface area contributed by atoms with Gasteiger partial charge in [0, 0.05) is 11.3 Å². The van der Waals surface area contributed by atoms with Crippen molar-refractivity contribution in [3.63, 3.8) is 0 Å². The second-order valence-electron chi connectivity index (χ2n) is 5.26. The number of ether oxygens (including phenoxy) is 3. The number of rotatable bonds is 3. The van der Waals surface area contributed by atoms with E-state index in [9.17, 15) is 9.59 Å². The molecule has 0 unspecified atom stereocenters. The summed E-state index contributed by atoms with van der Waals surface area (Å²) in [6.07, 6.45) is 0. The molecule has 124 valence electrons. The molecule has 3 rings (SSSR count). The summed E-state index contributed by atoms with van der Waals surface area (Å²) < 4.78 is 15.7. The third-order valence-electron chi connectivity index (χ3n) is 3.83. The molecule has 1 aliphatic heterocycles. The highest BCUT2D eigenvalue weighted by atomic mass is 16.5. The first kappa shape index (κ1) is 15.9. The van der Waals surface area contributed by atoms with Gasteiger partial charge >= 0.3 is 5.97 Å². The second-order valence-corrected chi connectivity index (χ2v) is 5.26. The lowest BCUT2D eigenvalue weighted by atomic mass is 10.1. The maximum absolute atomic E-state index is 12.5. The number of carbonyl (C=O) groups excluding carboxylic acids is 2. The van der Waals surface area contributed by atoms with Crippen molar-refractivity contribution in [2.45, 2.75) is 6.54 Å². The number of anilines is 1. The lowest BCUT2D eigenvalue weighted by Crippen LogP contribution is -2.32. The van der Waals surface area contributed by atoms with E-state index in [1.807, 2.05) is 12.1 Å². The Bertz CT molecular complexity index is 787. The van der Waals surface area contributed by atoms with Crippen LogP contribution in [0.3, 0.4) is 0 Å². The summed E-state index contributed by atoms with van der Waals surface area (Å²) in [5.74, 6) is 0.512. The zero-order chi connectivity index (χ0) is 17.1. The SMILES string of the molecule is COC(=O)c1cccc(N2Cc3cccc(OC)c3OCC2=O)c1. The monoisotopic (exact) mass is 327 g/mol. The maximum Gasteiger partial charge on any atom is 0.337 e. The molecule has 2 aromatic carbocycles. The van der Waals surface area contributed by atoms with Gasteiger partial charge in [0.2, 0.25) is 0 Å². The number of esters is 1. The lowest BCUT2D eigenvalue weighted by molar-refractivity contribution is -0.120. The van der Waals surface area contributed by atoms with Crippen molar-refractivity contribution in [3.8, 4) is 11.5 Å². The van der Waals surface area contributed by atoms with Crippen molar-refractivity contribution in [1.29, 1.82) is 0 Å². The summed E-state index contributed by atoms with van der Waals surface area (Å²) in [5, 5.41) is 0. The molecule has 0 radical (unpaired) electrons. The van der Waals surface area contributed by atoms with Gasteiger partial charge in [-0.25, -0.2) is 4.79 Å². The number of amides is 1. The topological polar surface area (TPSA) is 65.1 Å². The zero-order valence-electron chi connectivity index (χ0n) is 13.4. The van der Waals surface area contributed by atoms with E-state index in [0.717, 1.165) is 5.56 Å². The predicted octanol–water partition coefficient (Wildman–Crippen LogP) is 2.41. The van der Waals surface area contributed by atoms with E-state index in [2.05, 4.69) is 0 Å². The first-order valence-electron chi connectivity index (χ1n) is 7.41. The Morgan fingerprint density at radius 2 is 1.96 bits per heavy atom. The normalized spacial score (nSPS) is 13.6. The molecule has 6 nitrogen and oxygen atoms in total. The highest BCUT2D eigenvalue weighted by Gasteiger charge is 2.25. The first-order valence-corrected chi connectivity index (χ1v) is 7.41. The van der Waals surface area contributed by atoms with E-state index < -0.39 is 5.97 Å². The molecule has 0 atom stereocenters. The third-order valence-corrected chi connectivity index (χ3v) is 3.83. The Balaban J connectivity index is 1.98. The average molecular weight is 327 g/mol. The van der Waals surface area contributed by atoms with Gasteiger partial charge in [0.1, 0.15) is 0 Å². The van der Waals surface area contributed by atoms with Crippen LogP contribution in [0.2, 0.25) is 0 Å². The molecule has 1 heterocycles. The molecule has 2 aromatic rings. The Labute approximate surface area is 139 Å². The number of nitrogens with zero attached hydrogens (tertiary/aromatic N) is 1. The van der Waals surface area contributed by atoms with Crippen molar-refractivity contribution in [3.05, 3.63) is 53.6 Å². The largest absolute Gasteiger partial charge is 0.493 e. The van der Waals surface area contributed by atoms with E-state index >= 15 is 0 Å². The van der Waals surface area contributed by atoms with Crippen molar-refractivity contribution in [2.75, 3.05) is 25.7 Å².